The van der Waals surface area contributed by atoms with Crippen LogP contribution < -0.4 is 5.32 Å². The highest BCUT2D eigenvalue weighted by molar-refractivity contribution is 5.97. The SMILES string of the molecule is O=C1NC[C]c2ccccc21. The molecular formula is C9H7NO. The lowest BCUT2D eigenvalue weighted by Crippen LogP contribution is -2.30. The van der Waals surface area contributed by atoms with E-state index < -0.39 is 0 Å². The van der Waals surface area contributed by atoms with Gasteiger partial charge >= 0.3 is 0 Å². The minimum absolute atomic E-state index is 0.000602. The zero-order valence-corrected chi connectivity index (χ0v) is 5.92. The van der Waals surface area contributed by atoms with Crippen molar-refractivity contribution in [1.82, 2.24) is 5.32 Å². The third-order valence-corrected chi connectivity index (χ3v) is 1.70. The van der Waals surface area contributed by atoms with E-state index in [1.807, 2.05) is 18.2 Å². The lowest BCUT2D eigenvalue weighted by molar-refractivity contribution is 0.0951. The lowest BCUT2D eigenvalue weighted by Gasteiger charge is -2.14. The average Bonchev–Trinajstić information content (AvgIpc) is 2.06. The zero-order chi connectivity index (χ0) is 7.68. The Balaban J connectivity index is 2.52. The van der Waals surface area contributed by atoms with Gasteiger partial charge in [0.05, 0.1) is 0 Å². The molecule has 1 N–H and O–H groups in total. The normalized spacial score (nSPS) is 15.5. The first-order chi connectivity index (χ1) is 5.38. The maximum absolute atomic E-state index is 11.1. The van der Waals surface area contributed by atoms with Gasteiger partial charge in [-0.1, -0.05) is 18.2 Å². The predicted molar refractivity (Wildman–Crippen MR) is 41.1 cm³/mol. The molecule has 1 aliphatic heterocycles. The molecule has 2 rings (SSSR count). The van der Waals surface area contributed by atoms with Crippen LogP contribution in [0.5, 0.6) is 0 Å². The van der Waals surface area contributed by atoms with Crippen molar-refractivity contribution < 1.29 is 4.79 Å². The molecular weight excluding hydrogens is 138 g/mol. The van der Waals surface area contributed by atoms with Gasteiger partial charge in [-0.15, -0.1) is 0 Å². The summed E-state index contributed by atoms with van der Waals surface area (Å²) in [5, 5.41) is 2.69. The van der Waals surface area contributed by atoms with Crippen molar-refractivity contribution in [3.05, 3.63) is 41.8 Å². The fraction of sp³-hybridized carbons (Fsp3) is 0.111. The Bertz CT molecular complexity index is 293. The quantitative estimate of drug-likeness (QED) is 0.576. The van der Waals surface area contributed by atoms with Crippen molar-refractivity contribution in [2.24, 2.45) is 0 Å². The first kappa shape index (κ1) is 6.40. The number of hydrogen-bond acceptors (Lipinski definition) is 1. The van der Waals surface area contributed by atoms with Crippen molar-refractivity contribution in [1.29, 1.82) is 0 Å². The first-order valence-corrected chi connectivity index (χ1v) is 3.49. The van der Waals surface area contributed by atoms with Gasteiger partial charge in [0.2, 0.25) is 0 Å². The van der Waals surface area contributed by atoms with Crippen LogP contribution in [-0.2, 0) is 0 Å². The molecule has 1 aromatic carbocycles. The van der Waals surface area contributed by atoms with Gasteiger partial charge in [0.15, 0.2) is 0 Å². The largest absolute Gasteiger partial charge is 0.351 e. The van der Waals surface area contributed by atoms with E-state index in [0.717, 1.165) is 11.1 Å². The van der Waals surface area contributed by atoms with E-state index in [-0.39, 0.29) is 5.91 Å². The second kappa shape index (κ2) is 2.38. The Morgan fingerprint density at radius 1 is 1.36 bits per heavy atom. The minimum atomic E-state index is -0.000602. The third kappa shape index (κ3) is 1.00. The zero-order valence-electron chi connectivity index (χ0n) is 5.92. The van der Waals surface area contributed by atoms with Crippen LogP contribution in [0.2, 0.25) is 0 Å². The molecule has 2 radical (unpaired) electrons. The molecule has 54 valence electrons. The van der Waals surface area contributed by atoms with Crippen LogP contribution in [-0.4, -0.2) is 12.5 Å². The molecule has 2 nitrogen and oxygen atoms in total. The summed E-state index contributed by atoms with van der Waals surface area (Å²) in [5.74, 6) is -0.000602. The molecule has 1 amide bonds. The van der Waals surface area contributed by atoms with Crippen molar-refractivity contribution in [3.8, 4) is 0 Å². The summed E-state index contributed by atoms with van der Waals surface area (Å²) in [4.78, 5) is 11.1. The highest BCUT2D eigenvalue weighted by atomic mass is 16.1. The summed E-state index contributed by atoms with van der Waals surface area (Å²) < 4.78 is 0. The van der Waals surface area contributed by atoms with Gasteiger partial charge in [-0.25, -0.2) is 0 Å². The maximum atomic E-state index is 11.1. The number of benzene rings is 1. The molecule has 0 spiro atoms. The molecule has 0 unspecified atom stereocenters. The van der Waals surface area contributed by atoms with Gasteiger partial charge < -0.3 is 5.32 Å². The van der Waals surface area contributed by atoms with Crippen molar-refractivity contribution in [2.45, 2.75) is 0 Å². The van der Waals surface area contributed by atoms with Crippen molar-refractivity contribution in [2.75, 3.05) is 6.54 Å². The molecule has 0 fully saturated rings. The second-order valence-corrected chi connectivity index (χ2v) is 2.41. The van der Waals surface area contributed by atoms with Crippen molar-refractivity contribution >= 4 is 5.91 Å². The first-order valence-electron chi connectivity index (χ1n) is 3.49. The third-order valence-electron chi connectivity index (χ3n) is 1.70. The fourth-order valence-corrected chi connectivity index (χ4v) is 1.15. The summed E-state index contributed by atoms with van der Waals surface area (Å²) in [5.41, 5.74) is 1.63. The van der Waals surface area contributed by atoms with E-state index in [1.54, 1.807) is 6.07 Å². The number of rotatable bonds is 0. The summed E-state index contributed by atoms with van der Waals surface area (Å²) in [6.07, 6.45) is 3.06. The number of carbonyl (C=O) groups excluding carboxylic acids is 1. The molecule has 0 bridgehead atoms. The Labute approximate surface area is 65.2 Å². The van der Waals surface area contributed by atoms with Gasteiger partial charge in [-0.05, 0) is 11.6 Å². The van der Waals surface area contributed by atoms with Gasteiger partial charge in [-0.3, -0.25) is 4.79 Å². The van der Waals surface area contributed by atoms with E-state index in [0.29, 0.717) is 6.54 Å². The average molecular weight is 145 g/mol. The van der Waals surface area contributed by atoms with Crippen LogP contribution in [0.3, 0.4) is 0 Å². The molecule has 0 saturated heterocycles. The van der Waals surface area contributed by atoms with Crippen LogP contribution >= 0.6 is 0 Å². The van der Waals surface area contributed by atoms with Crippen molar-refractivity contribution in [3.63, 3.8) is 0 Å². The Hall–Kier alpha value is -1.31. The van der Waals surface area contributed by atoms with Gasteiger partial charge in [0, 0.05) is 18.5 Å². The summed E-state index contributed by atoms with van der Waals surface area (Å²) in [7, 11) is 0. The Morgan fingerprint density at radius 3 is 3.00 bits per heavy atom. The molecule has 0 saturated carbocycles. The van der Waals surface area contributed by atoms with Crippen LogP contribution in [0.15, 0.2) is 24.3 Å². The number of carbonyl (C=O) groups is 1. The highest BCUT2D eigenvalue weighted by Gasteiger charge is 2.14. The number of nitrogens with one attached hydrogen (secondary N) is 1. The molecule has 0 aromatic heterocycles. The molecule has 0 atom stereocenters. The lowest BCUT2D eigenvalue weighted by atomic mass is 10.0. The molecule has 1 aromatic rings. The van der Waals surface area contributed by atoms with Gasteiger partial charge in [0.25, 0.3) is 5.91 Å². The fourth-order valence-electron chi connectivity index (χ4n) is 1.15. The number of fused-ring (bicyclic) bond motifs is 1. The van der Waals surface area contributed by atoms with E-state index in [1.165, 1.54) is 0 Å². The van der Waals surface area contributed by atoms with E-state index in [2.05, 4.69) is 11.7 Å². The van der Waals surface area contributed by atoms with Crippen LogP contribution in [0, 0.1) is 6.42 Å². The molecule has 0 aliphatic carbocycles. The summed E-state index contributed by atoms with van der Waals surface area (Å²) in [6.45, 7) is 0.524. The highest BCUT2D eigenvalue weighted by Crippen LogP contribution is 2.13. The Kier molecular flexibility index (Phi) is 1.39. The monoisotopic (exact) mass is 145 g/mol. The smallest absolute Gasteiger partial charge is 0.251 e. The molecule has 1 aliphatic rings. The summed E-state index contributed by atoms with van der Waals surface area (Å²) >= 11 is 0. The van der Waals surface area contributed by atoms with E-state index in [4.69, 9.17) is 0 Å². The molecule has 1 heterocycles. The van der Waals surface area contributed by atoms with Gasteiger partial charge in [-0.2, -0.15) is 0 Å². The van der Waals surface area contributed by atoms with Crippen LogP contribution in [0.25, 0.3) is 0 Å². The van der Waals surface area contributed by atoms with Crippen LogP contribution in [0.4, 0.5) is 0 Å². The minimum Gasteiger partial charge on any atom is -0.351 e. The molecule has 11 heavy (non-hydrogen) atoms. The predicted octanol–water partition coefficient (Wildman–Crippen LogP) is 0.859. The number of amides is 1. The van der Waals surface area contributed by atoms with Crippen LogP contribution in [0.1, 0.15) is 15.9 Å². The van der Waals surface area contributed by atoms with Gasteiger partial charge in [0.1, 0.15) is 0 Å². The standard InChI is InChI=1S/C9H7NO/c11-9-8-4-2-1-3-7(8)5-6-10-9/h1-4H,6H2,(H,10,11). The number of hydrogen-bond donors (Lipinski definition) is 1. The summed E-state index contributed by atoms with van der Waals surface area (Å²) in [6, 6.07) is 7.46. The molecule has 2 heteroatoms. The Morgan fingerprint density at radius 2 is 2.18 bits per heavy atom. The van der Waals surface area contributed by atoms with E-state index >= 15 is 0 Å². The van der Waals surface area contributed by atoms with E-state index in [9.17, 15) is 4.79 Å². The maximum Gasteiger partial charge on any atom is 0.251 e. The topological polar surface area (TPSA) is 29.1 Å². The second-order valence-electron chi connectivity index (χ2n) is 2.41.